The molecule has 0 bridgehead atoms. The molecule has 0 atom stereocenters. The summed E-state index contributed by atoms with van der Waals surface area (Å²) in [6.45, 7) is 4.23. The lowest BCUT2D eigenvalue weighted by molar-refractivity contribution is -0.168. The van der Waals surface area contributed by atoms with Gasteiger partial charge in [0.2, 0.25) is 11.7 Å². The van der Waals surface area contributed by atoms with Crippen LogP contribution in [0.4, 0.5) is 0 Å². The summed E-state index contributed by atoms with van der Waals surface area (Å²) in [5.41, 5.74) is 2.43. The Balaban J connectivity index is 1.35. The van der Waals surface area contributed by atoms with E-state index < -0.39 is 17.8 Å². The quantitative estimate of drug-likeness (QED) is 0.578. The van der Waals surface area contributed by atoms with Gasteiger partial charge in [-0.1, -0.05) is 60.5 Å². The molecule has 0 saturated carbocycles. The Morgan fingerprint density at radius 2 is 1.67 bits per heavy atom. The number of benzene rings is 2. The minimum atomic E-state index is -0.745. The van der Waals surface area contributed by atoms with Gasteiger partial charge in [0, 0.05) is 12.0 Å². The fourth-order valence-electron chi connectivity index (χ4n) is 3.10. The molecule has 2 amide bonds. The van der Waals surface area contributed by atoms with Crippen molar-refractivity contribution in [1.82, 2.24) is 15.2 Å². The number of amides is 2. The van der Waals surface area contributed by atoms with E-state index in [0.29, 0.717) is 16.8 Å². The first-order chi connectivity index (χ1) is 14.4. The molecule has 0 N–H and O–H groups in total. The van der Waals surface area contributed by atoms with Crippen molar-refractivity contribution >= 4 is 17.8 Å². The van der Waals surface area contributed by atoms with Crippen LogP contribution in [-0.4, -0.2) is 33.0 Å². The third kappa shape index (κ3) is 3.71. The zero-order chi connectivity index (χ0) is 21.3. The summed E-state index contributed by atoms with van der Waals surface area (Å²) < 4.78 is 5.19. The predicted molar refractivity (Wildman–Crippen MR) is 105 cm³/mol. The summed E-state index contributed by atoms with van der Waals surface area (Å²) >= 11 is 0. The van der Waals surface area contributed by atoms with Gasteiger partial charge in [-0.3, -0.25) is 9.59 Å². The molecule has 30 heavy (non-hydrogen) atoms. The van der Waals surface area contributed by atoms with Crippen LogP contribution >= 0.6 is 0 Å². The van der Waals surface area contributed by atoms with Crippen LogP contribution in [0.1, 0.15) is 58.4 Å². The van der Waals surface area contributed by atoms with E-state index in [-0.39, 0.29) is 29.9 Å². The molecule has 2 heterocycles. The van der Waals surface area contributed by atoms with E-state index in [1.165, 1.54) is 17.7 Å². The van der Waals surface area contributed by atoms with Crippen LogP contribution in [0.5, 0.6) is 0 Å². The van der Waals surface area contributed by atoms with Crippen LogP contribution in [0, 0.1) is 0 Å². The average molecular weight is 405 g/mol. The van der Waals surface area contributed by atoms with Gasteiger partial charge in [0.25, 0.3) is 11.8 Å². The minimum Gasteiger partial charge on any atom is -0.339 e. The summed E-state index contributed by atoms with van der Waals surface area (Å²) in [5, 5.41) is 4.43. The Bertz CT molecular complexity index is 1080. The first kappa shape index (κ1) is 19.5. The maximum Gasteiger partial charge on any atom is 0.333 e. The summed E-state index contributed by atoms with van der Waals surface area (Å²) in [5.74, 6) is -0.951. The number of hydrogen-bond acceptors (Lipinski definition) is 7. The van der Waals surface area contributed by atoms with Crippen molar-refractivity contribution in [3.63, 3.8) is 0 Å². The number of nitrogens with zero attached hydrogens (tertiary/aromatic N) is 3. The molecule has 1 aliphatic heterocycles. The smallest absolute Gasteiger partial charge is 0.333 e. The van der Waals surface area contributed by atoms with Gasteiger partial charge in [-0.2, -0.15) is 4.98 Å². The van der Waals surface area contributed by atoms with Gasteiger partial charge in [0.1, 0.15) is 0 Å². The van der Waals surface area contributed by atoms with Gasteiger partial charge < -0.3 is 9.36 Å². The van der Waals surface area contributed by atoms with Crippen molar-refractivity contribution in [1.29, 1.82) is 0 Å². The third-order valence-electron chi connectivity index (χ3n) is 4.80. The number of rotatable bonds is 6. The van der Waals surface area contributed by atoms with Crippen LogP contribution in [0.3, 0.4) is 0 Å². The van der Waals surface area contributed by atoms with Gasteiger partial charge in [-0.25, -0.2) is 4.79 Å². The highest BCUT2D eigenvalue weighted by Crippen LogP contribution is 2.23. The zero-order valence-electron chi connectivity index (χ0n) is 16.5. The van der Waals surface area contributed by atoms with E-state index in [4.69, 9.17) is 9.36 Å². The normalized spacial score (nSPS) is 13.1. The lowest BCUT2D eigenvalue weighted by Gasteiger charge is -2.12. The molecule has 1 aromatic heterocycles. The largest absolute Gasteiger partial charge is 0.339 e. The molecule has 3 aromatic rings. The molecule has 0 fully saturated rings. The van der Waals surface area contributed by atoms with Crippen molar-refractivity contribution in [3.8, 4) is 11.4 Å². The van der Waals surface area contributed by atoms with Crippen LogP contribution in [-0.2, 0) is 16.1 Å². The number of imide groups is 1. The minimum absolute atomic E-state index is 0.124. The average Bonchev–Trinajstić information content (AvgIpc) is 3.32. The number of aromatic nitrogens is 2. The summed E-state index contributed by atoms with van der Waals surface area (Å²) in [7, 11) is 0. The molecule has 0 spiro atoms. The van der Waals surface area contributed by atoms with Crippen LogP contribution in [0.2, 0.25) is 0 Å². The number of hydrogen-bond donors (Lipinski definition) is 0. The Hall–Kier alpha value is -3.81. The molecule has 0 radical (unpaired) electrons. The topological polar surface area (TPSA) is 103 Å². The van der Waals surface area contributed by atoms with E-state index in [1.807, 2.05) is 24.3 Å². The Kier molecular flexibility index (Phi) is 5.14. The highest BCUT2D eigenvalue weighted by Gasteiger charge is 2.38. The van der Waals surface area contributed by atoms with Gasteiger partial charge in [0.05, 0.1) is 17.5 Å². The molecule has 8 heteroatoms. The zero-order valence-corrected chi connectivity index (χ0v) is 16.5. The third-order valence-corrected chi connectivity index (χ3v) is 4.80. The summed E-state index contributed by atoms with van der Waals surface area (Å²) in [6, 6.07) is 14.2. The van der Waals surface area contributed by atoms with Crippen LogP contribution in [0.15, 0.2) is 53.1 Å². The van der Waals surface area contributed by atoms with Gasteiger partial charge in [-0.05, 0) is 23.6 Å². The molecule has 1 aliphatic rings. The molecule has 2 aromatic carbocycles. The van der Waals surface area contributed by atoms with Crippen molar-refractivity contribution in [3.05, 3.63) is 71.1 Å². The van der Waals surface area contributed by atoms with Crippen LogP contribution < -0.4 is 0 Å². The van der Waals surface area contributed by atoms with E-state index in [9.17, 15) is 14.4 Å². The molecule has 0 unspecified atom stereocenters. The number of fused-ring (bicyclic) bond motifs is 1. The molecular formula is C22H19N3O5. The fraction of sp³-hybridized carbons (Fsp3) is 0.227. The number of aryl methyl sites for hydroxylation is 1. The monoisotopic (exact) mass is 405 g/mol. The van der Waals surface area contributed by atoms with E-state index in [1.54, 1.807) is 12.1 Å². The molecule has 8 nitrogen and oxygen atoms in total. The fourth-order valence-corrected chi connectivity index (χ4v) is 3.10. The highest BCUT2D eigenvalue weighted by atomic mass is 16.7. The second-order valence-electron chi connectivity index (χ2n) is 7.20. The maximum atomic E-state index is 12.2. The highest BCUT2D eigenvalue weighted by molar-refractivity contribution is 6.20. The second kappa shape index (κ2) is 7.90. The standard InChI is InChI=1S/C22H19N3O5/c1-13(2)14-7-9-15(10-8-14)20-23-18(29-24-20)11-12-19(26)30-25-21(27)16-5-3-4-6-17(16)22(25)28/h3-10,13H,11-12H2,1-2H3. The second-order valence-corrected chi connectivity index (χ2v) is 7.20. The summed E-state index contributed by atoms with van der Waals surface area (Å²) in [6.07, 6.45) is 0.000403. The van der Waals surface area contributed by atoms with E-state index in [2.05, 4.69) is 24.0 Å². The number of carbonyl (C=O) groups is 3. The van der Waals surface area contributed by atoms with Crippen LogP contribution in [0.25, 0.3) is 11.4 Å². The Morgan fingerprint density at radius 3 is 2.27 bits per heavy atom. The first-order valence-corrected chi connectivity index (χ1v) is 9.55. The molecule has 0 aliphatic carbocycles. The Morgan fingerprint density at radius 1 is 1.03 bits per heavy atom. The predicted octanol–water partition coefficient (Wildman–Crippen LogP) is 3.55. The van der Waals surface area contributed by atoms with Crippen molar-refractivity contribution in [2.45, 2.75) is 32.6 Å². The molecule has 152 valence electrons. The molecule has 4 rings (SSSR count). The van der Waals surface area contributed by atoms with Crippen molar-refractivity contribution in [2.75, 3.05) is 0 Å². The lowest BCUT2D eigenvalue weighted by atomic mass is 10.0. The van der Waals surface area contributed by atoms with Crippen molar-refractivity contribution in [2.24, 2.45) is 0 Å². The Labute approximate surface area is 172 Å². The molecule has 0 saturated heterocycles. The van der Waals surface area contributed by atoms with Gasteiger partial charge in [-0.15, -0.1) is 0 Å². The number of hydroxylamine groups is 2. The van der Waals surface area contributed by atoms with Gasteiger partial charge in [0.15, 0.2) is 0 Å². The maximum absolute atomic E-state index is 12.2. The lowest BCUT2D eigenvalue weighted by Crippen LogP contribution is -2.32. The number of carbonyl (C=O) groups excluding carboxylic acids is 3. The molecular weight excluding hydrogens is 386 g/mol. The van der Waals surface area contributed by atoms with E-state index >= 15 is 0 Å². The first-order valence-electron chi connectivity index (χ1n) is 9.55. The van der Waals surface area contributed by atoms with Gasteiger partial charge >= 0.3 is 5.97 Å². The van der Waals surface area contributed by atoms with Crippen molar-refractivity contribution < 1.29 is 23.7 Å². The SMILES string of the molecule is CC(C)c1ccc(-c2noc(CCC(=O)ON3C(=O)c4ccccc4C3=O)n2)cc1. The van der Waals surface area contributed by atoms with E-state index in [0.717, 1.165) is 5.56 Å². The summed E-state index contributed by atoms with van der Waals surface area (Å²) in [4.78, 5) is 45.9.